The Bertz CT molecular complexity index is 655. The van der Waals surface area contributed by atoms with Crippen molar-refractivity contribution < 1.29 is 4.79 Å². The fourth-order valence-corrected chi connectivity index (χ4v) is 3.86. The normalized spacial score (nSPS) is 18.1. The summed E-state index contributed by atoms with van der Waals surface area (Å²) in [5.41, 5.74) is 3.64. The summed E-state index contributed by atoms with van der Waals surface area (Å²) in [4.78, 5) is 14.8. The highest BCUT2D eigenvalue weighted by atomic mass is 32.2. The van der Waals surface area contributed by atoms with E-state index in [2.05, 4.69) is 31.2 Å². The summed E-state index contributed by atoms with van der Waals surface area (Å²) in [6, 6.07) is 18.8. The lowest BCUT2D eigenvalue weighted by molar-refractivity contribution is -0.118. The van der Waals surface area contributed by atoms with Crippen LogP contribution in [0.25, 0.3) is 0 Å². The van der Waals surface area contributed by atoms with Crippen molar-refractivity contribution in [2.45, 2.75) is 37.3 Å². The second-order valence-corrected chi connectivity index (χ2v) is 7.16. The lowest BCUT2D eigenvalue weighted by Crippen LogP contribution is -2.40. The third-order valence-electron chi connectivity index (χ3n) is 4.14. The van der Waals surface area contributed by atoms with Gasteiger partial charge in [-0.25, -0.2) is 0 Å². The van der Waals surface area contributed by atoms with E-state index in [1.165, 1.54) is 11.1 Å². The number of hydrogen-bond acceptors (Lipinski definition) is 2. The van der Waals surface area contributed by atoms with Crippen LogP contribution in [0.1, 0.15) is 25.0 Å². The van der Waals surface area contributed by atoms with Crippen LogP contribution in [0.3, 0.4) is 0 Å². The number of para-hydroxylation sites is 1. The molecule has 0 unspecified atom stereocenters. The van der Waals surface area contributed by atoms with Crippen molar-refractivity contribution in [1.29, 1.82) is 0 Å². The van der Waals surface area contributed by atoms with E-state index >= 15 is 0 Å². The lowest BCUT2D eigenvalue weighted by Gasteiger charge is -2.26. The average Bonchev–Trinajstić information content (AvgIpc) is 2.88. The topological polar surface area (TPSA) is 20.3 Å². The number of fused-ring (bicyclic) bond motifs is 1. The number of carbonyl (C=O) groups excluding carboxylic acids is 1. The van der Waals surface area contributed by atoms with Crippen LogP contribution in [-0.2, 0) is 17.0 Å². The van der Waals surface area contributed by atoms with Crippen molar-refractivity contribution in [2.24, 2.45) is 0 Å². The largest absolute Gasteiger partial charge is 0.308 e. The molecule has 0 aromatic heterocycles. The number of amides is 1. The third-order valence-corrected chi connectivity index (χ3v) is 5.34. The van der Waals surface area contributed by atoms with Crippen molar-refractivity contribution in [1.82, 2.24) is 0 Å². The fourth-order valence-electron chi connectivity index (χ4n) is 2.96. The number of thioether (sulfide) groups is 1. The van der Waals surface area contributed by atoms with Crippen LogP contribution < -0.4 is 4.90 Å². The Labute approximate surface area is 136 Å². The maximum atomic E-state index is 12.8. The molecule has 0 radical (unpaired) electrons. The standard InChI is InChI=1S/C19H21NOS/c1-14-12-17-10-6-7-11-18(17)20(14)19(21)15(2)22-13-16-8-4-3-5-9-16/h3-11,14-15H,12-13H2,1-2H3/t14-,15-/m1/s1. The minimum Gasteiger partial charge on any atom is -0.308 e. The minimum absolute atomic E-state index is 0.0335. The van der Waals surface area contributed by atoms with E-state index in [1.54, 1.807) is 11.8 Å². The van der Waals surface area contributed by atoms with Crippen LogP contribution in [0.4, 0.5) is 5.69 Å². The molecule has 0 fully saturated rings. The van der Waals surface area contributed by atoms with Crippen molar-refractivity contribution in [3.63, 3.8) is 0 Å². The molecule has 22 heavy (non-hydrogen) atoms. The summed E-state index contributed by atoms with van der Waals surface area (Å²) in [6.07, 6.45) is 0.956. The number of anilines is 1. The molecule has 0 saturated carbocycles. The Balaban J connectivity index is 1.68. The van der Waals surface area contributed by atoms with Crippen LogP contribution in [0.5, 0.6) is 0 Å². The van der Waals surface area contributed by atoms with E-state index < -0.39 is 0 Å². The molecule has 3 rings (SSSR count). The molecule has 1 amide bonds. The predicted molar refractivity (Wildman–Crippen MR) is 94.3 cm³/mol. The summed E-state index contributed by atoms with van der Waals surface area (Å²) >= 11 is 1.71. The van der Waals surface area contributed by atoms with Gasteiger partial charge in [0.05, 0.1) is 5.25 Å². The Morgan fingerprint density at radius 2 is 1.86 bits per heavy atom. The summed E-state index contributed by atoms with van der Waals surface area (Å²) in [7, 11) is 0. The predicted octanol–water partition coefficient (Wildman–Crippen LogP) is 4.29. The molecule has 2 aromatic rings. The molecule has 2 aromatic carbocycles. The molecule has 1 heterocycles. The first-order valence-corrected chi connectivity index (χ1v) is 8.78. The smallest absolute Gasteiger partial charge is 0.240 e. The molecule has 0 aliphatic carbocycles. The van der Waals surface area contributed by atoms with E-state index in [0.717, 1.165) is 17.9 Å². The molecule has 1 aliphatic heterocycles. The maximum absolute atomic E-state index is 12.8. The van der Waals surface area contributed by atoms with Gasteiger partial charge in [-0.3, -0.25) is 4.79 Å². The van der Waals surface area contributed by atoms with Crippen LogP contribution in [-0.4, -0.2) is 17.2 Å². The highest BCUT2D eigenvalue weighted by Crippen LogP contribution is 2.33. The Hall–Kier alpha value is -1.74. The first-order chi connectivity index (χ1) is 10.7. The molecule has 2 atom stereocenters. The molecule has 0 bridgehead atoms. The van der Waals surface area contributed by atoms with Gasteiger partial charge in [0, 0.05) is 17.5 Å². The molecule has 0 spiro atoms. The second kappa shape index (κ2) is 6.57. The van der Waals surface area contributed by atoms with Gasteiger partial charge in [0.2, 0.25) is 5.91 Å². The second-order valence-electron chi connectivity index (χ2n) is 5.83. The van der Waals surface area contributed by atoms with Crippen molar-refractivity contribution in [3.05, 3.63) is 65.7 Å². The molecule has 2 nitrogen and oxygen atoms in total. The summed E-state index contributed by atoms with van der Waals surface area (Å²) in [6.45, 7) is 4.15. The lowest BCUT2D eigenvalue weighted by atomic mass is 10.1. The molecule has 114 valence electrons. The number of carbonyl (C=O) groups is 1. The van der Waals surface area contributed by atoms with E-state index in [4.69, 9.17) is 0 Å². The van der Waals surface area contributed by atoms with Gasteiger partial charge in [-0.2, -0.15) is 0 Å². The Morgan fingerprint density at radius 3 is 2.64 bits per heavy atom. The number of nitrogens with zero attached hydrogens (tertiary/aromatic N) is 1. The van der Waals surface area contributed by atoms with Crippen LogP contribution in [0.2, 0.25) is 0 Å². The average molecular weight is 311 g/mol. The molecule has 0 saturated heterocycles. The highest BCUT2D eigenvalue weighted by molar-refractivity contribution is 7.99. The number of rotatable bonds is 4. The first-order valence-electron chi connectivity index (χ1n) is 7.73. The van der Waals surface area contributed by atoms with Gasteiger partial charge in [-0.1, -0.05) is 48.5 Å². The van der Waals surface area contributed by atoms with E-state index in [0.29, 0.717) is 0 Å². The molecule has 0 N–H and O–H groups in total. The van der Waals surface area contributed by atoms with Crippen molar-refractivity contribution in [2.75, 3.05) is 4.90 Å². The zero-order valence-electron chi connectivity index (χ0n) is 13.0. The summed E-state index contributed by atoms with van der Waals surface area (Å²) in [5.74, 6) is 1.09. The van der Waals surface area contributed by atoms with Crippen LogP contribution in [0, 0.1) is 0 Å². The zero-order chi connectivity index (χ0) is 15.5. The molecular formula is C19H21NOS. The molecular weight excluding hydrogens is 290 g/mol. The van der Waals surface area contributed by atoms with Crippen molar-refractivity contribution in [3.8, 4) is 0 Å². The van der Waals surface area contributed by atoms with Gasteiger partial charge in [0.1, 0.15) is 0 Å². The van der Waals surface area contributed by atoms with Gasteiger partial charge < -0.3 is 4.90 Å². The van der Waals surface area contributed by atoms with Gasteiger partial charge in [-0.15, -0.1) is 11.8 Å². The van der Waals surface area contributed by atoms with E-state index in [9.17, 15) is 4.79 Å². The number of hydrogen-bond donors (Lipinski definition) is 0. The fraction of sp³-hybridized carbons (Fsp3) is 0.316. The summed E-state index contributed by atoms with van der Waals surface area (Å²) < 4.78 is 0. The first kappa shape index (κ1) is 15.2. The molecule has 1 aliphatic rings. The van der Waals surface area contributed by atoms with Gasteiger partial charge >= 0.3 is 0 Å². The van der Waals surface area contributed by atoms with Gasteiger partial charge in [0.15, 0.2) is 0 Å². The van der Waals surface area contributed by atoms with Crippen LogP contribution in [0.15, 0.2) is 54.6 Å². The third kappa shape index (κ3) is 3.05. The quantitative estimate of drug-likeness (QED) is 0.839. The molecule has 3 heteroatoms. The SMILES string of the molecule is C[C@@H]1Cc2ccccc2N1C(=O)[C@@H](C)SCc1ccccc1. The highest BCUT2D eigenvalue weighted by Gasteiger charge is 2.32. The summed E-state index contributed by atoms with van der Waals surface area (Å²) in [5, 5.41) is -0.0335. The van der Waals surface area contributed by atoms with Gasteiger partial charge in [-0.05, 0) is 37.5 Å². The minimum atomic E-state index is -0.0335. The Morgan fingerprint density at radius 1 is 1.18 bits per heavy atom. The Kier molecular flexibility index (Phi) is 4.53. The van der Waals surface area contributed by atoms with Gasteiger partial charge in [0.25, 0.3) is 0 Å². The zero-order valence-corrected chi connectivity index (χ0v) is 13.8. The monoisotopic (exact) mass is 311 g/mol. The number of benzene rings is 2. The van der Waals surface area contributed by atoms with Crippen molar-refractivity contribution >= 4 is 23.4 Å². The maximum Gasteiger partial charge on any atom is 0.240 e. The van der Waals surface area contributed by atoms with E-state index in [-0.39, 0.29) is 17.2 Å². The van der Waals surface area contributed by atoms with E-state index in [1.807, 2.05) is 42.2 Å². The van der Waals surface area contributed by atoms with Crippen LogP contribution >= 0.6 is 11.8 Å².